The lowest BCUT2D eigenvalue weighted by molar-refractivity contribution is -0.122. The van der Waals surface area contributed by atoms with Gasteiger partial charge in [0.1, 0.15) is 15.0 Å². The fraction of sp³-hybridized carbons (Fsp3) is 0.375. The molecule has 0 unspecified atom stereocenters. The van der Waals surface area contributed by atoms with Gasteiger partial charge in [0.2, 0.25) is 0 Å². The molecule has 4 nitrogen and oxygen atoms in total. The van der Waals surface area contributed by atoms with Crippen LogP contribution in [0.25, 0.3) is 0 Å². The van der Waals surface area contributed by atoms with Crippen LogP contribution in [0.15, 0.2) is 22.9 Å². The molecule has 0 bridgehead atoms. The quantitative estimate of drug-likeness (QED) is 0.424. The van der Waals surface area contributed by atoms with Crippen molar-refractivity contribution >= 4 is 81.4 Å². The minimum Gasteiger partial charge on any atom is -0.328 e. The summed E-state index contributed by atoms with van der Waals surface area (Å²) in [4.78, 5) is 19.2. The highest BCUT2D eigenvalue weighted by Crippen LogP contribution is 2.48. The van der Waals surface area contributed by atoms with E-state index in [1.165, 1.54) is 11.8 Å². The molecule has 0 radical (unpaired) electrons. The molecule has 1 saturated heterocycles. The zero-order valence-corrected chi connectivity index (χ0v) is 17.8. The Kier molecular flexibility index (Phi) is 5.80. The molecule has 0 spiro atoms. The van der Waals surface area contributed by atoms with E-state index in [1.54, 1.807) is 4.90 Å². The number of amides is 1. The van der Waals surface area contributed by atoms with Gasteiger partial charge in [-0.25, -0.2) is 0 Å². The van der Waals surface area contributed by atoms with Crippen molar-refractivity contribution in [1.82, 2.24) is 4.90 Å². The normalized spacial score (nSPS) is 20.1. The Bertz CT molecular complexity index is 784. The van der Waals surface area contributed by atoms with Gasteiger partial charge in [0.05, 0.1) is 21.4 Å². The van der Waals surface area contributed by atoms with E-state index in [0.29, 0.717) is 25.8 Å². The molecule has 25 heavy (non-hydrogen) atoms. The van der Waals surface area contributed by atoms with E-state index in [1.807, 2.05) is 31.0 Å². The van der Waals surface area contributed by atoms with E-state index in [2.05, 4.69) is 17.5 Å². The molecule has 3 rings (SSSR count). The van der Waals surface area contributed by atoms with Crippen molar-refractivity contribution in [2.24, 2.45) is 0 Å². The van der Waals surface area contributed by atoms with Crippen LogP contribution < -0.4 is 9.80 Å². The van der Waals surface area contributed by atoms with Crippen LogP contribution in [0, 0.1) is 0 Å². The first-order valence-electron chi connectivity index (χ1n) is 7.79. The molecule has 1 fully saturated rings. The molecule has 1 amide bonds. The van der Waals surface area contributed by atoms with Crippen molar-refractivity contribution in [2.45, 2.75) is 13.3 Å². The second-order valence-corrected chi connectivity index (χ2v) is 8.52. The number of benzene rings is 1. The predicted octanol–water partition coefficient (Wildman–Crippen LogP) is 4.62. The Labute approximate surface area is 172 Å². The van der Waals surface area contributed by atoms with Crippen LogP contribution in [-0.2, 0) is 4.79 Å². The molecule has 134 valence electrons. The maximum absolute atomic E-state index is 12.8. The van der Waals surface area contributed by atoms with Gasteiger partial charge in [-0.05, 0) is 31.2 Å². The minimum absolute atomic E-state index is 0.0553. The Hall–Kier alpha value is -0.600. The molecular formula is C16H17Cl2N3OS3. The Morgan fingerprint density at radius 1 is 1.20 bits per heavy atom. The summed E-state index contributed by atoms with van der Waals surface area (Å²) >= 11 is 23.5. The first-order valence-corrected chi connectivity index (χ1v) is 10.4. The van der Waals surface area contributed by atoms with Gasteiger partial charge in [0.25, 0.3) is 5.91 Å². The maximum atomic E-state index is 12.8. The number of thiol groups is 1. The number of hydrogen-bond donors (Lipinski definition) is 1. The number of carbonyl (C=O) groups is 1. The number of halogens is 2. The average Bonchev–Trinajstić information content (AvgIpc) is 3.00. The van der Waals surface area contributed by atoms with E-state index >= 15 is 0 Å². The first kappa shape index (κ1) is 19.2. The number of thioether (sulfide) groups is 1. The predicted molar refractivity (Wildman–Crippen MR) is 115 cm³/mol. The van der Waals surface area contributed by atoms with Crippen LogP contribution in [-0.4, -0.2) is 41.0 Å². The fourth-order valence-electron chi connectivity index (χ4n) is 2.96. The molecule has 0 aromatic heterocycles. The van der Waals surface area contributed by atoms with Crippen LogP contribution in [0.1, 0.15) is 13.3 Å². The highest BCUT2D eigenvalue weighted by Gasteiger charge is 2.40. The number of thiocarbonyl (C=S) groups is 1. The molecule has 9 heteroatoms. The third-order valence-corrected chi connectivity index (χ3v) is 6.62. The summed E-state index contributed by atoms with van der Waals surface area (Å²) in [5, 5.41) is 0.982. The number of rotatable bonds is 4. The van der Waals surface area contributed by atoms with Gasteiger partial charge in [0, 0.05) is 20.1 Å². The Morgan fingerprint density at radius 3 is 2.40 bits per heavy atom. The average molecular weight is 434 g/mol. The van der Waals surface area contributed by atoms with E-state index in [0.717, 1.165) is 35.9 Å². The second-order valence-electron chi connectivity index (χ2n) is 5.61. The highest BCUT2D eigenvalue weighted by atomic mass is 35.5. The van der Waals surface area contributed by atoms with E-state index < -0.39 is 0 Å². The summed E-state index contributed by atoms with van der Waals surface area (Å²) in [5.74, 6) is 1.52. The monoisotopic (exact) mass is 433 g/mol. The minimum atomic E-state index is -0.0553. The molecule has 2 aliphatic heterocycles. The van der Waals surface area contributed by atoms with E-state index in [-0.39, 0.29) is 5.91 Å². The van der Waals surface area contributed by atoms with Gasteiger partial charge in [-0.3, -0.25) is 9.69 Å². The van der Waals surface area contributed by atoms with Crippen molar-refractivity contribution in [2.75, 3.05) is 35.7 Å². The van der Waals surface area contributed by atoms with Crippen molar-refractivity contribution in [3.8, 4) is 0 Å². The lowest BCUT2D eigenvalue weighted by Crippen LogP contribution is -2.32. The number of carbonyl (C=O) groups excluding carboxylic acids is 1. The topological polar surface area (TPSA) is 26.8 Å². The van der Waals surface area contributed by atoms with Gasteiger partial charge in [-0.15, -0.1) is 0 Å². The van der Waals surface area contributed by atoms with Crippen LogP contribution in [0.4, 0.5) is 11.4 Å². The van der Waals surface area contributed by atoms with E-state index in [4.69, 9.17) is 35.4 Å². The lowest BCUT2D eigenvalue weighted by atomic mass is 10.2. The van der Waals surface area contributed by atoms with Crippen LogP contribution in [0.2, 0.25) is 10.0 Å². The molecule has 1 aromatic carbocycles. The third-order valence-electron chi connectivity index (χ3n) is 4.15. The third kappa shape index (κ3) is 3.25. The Morgan fingerprint density at radius 2 is 1.84 bits per heavy atom. The molecule has 2 aliphatic rings. The standard InChI is InChI=1S/C16H17Cl2N3OS3/c1-3-20-15(22)13(25-16(20)24)14-19(2)11-7-9(17)10(18)8-12(11)21(14)5-4-6-23/h7-8,23H,3-6H2,1-2H3/b14-13-. The van der Waals surface area contributed by atoms with Crippen molar-refractivity contribution < 1.29 is 4.79 Å². The second kappa shape index (κ2) is 7.56. The SMILES string of the molecule is CCN1C(=O)/C(=C2\N(C)c3cc(Cl)c(Cl)cc3N2CCCS)SC1=S. The fourth-order valence-corrected chi connectivity index (χ4v) is 4.91. The summed E-state index contributed by atoms with van der Waals surface area (Å²) in [6.07, 6.45) is 0.869. The summed E-state index contributed by atoms with van der Waals surface area (Å²) in [7, 11) is 1.93. The van der Waals surface area contributed by atoms with Crippen molar-refractivity contribution in [3.63, 3.8) is 0 Å². The maximum Gasteiger partial charge on any atom is 0.269 e. The summed E-state index contributed by atoms with van der Waals surface area (Å²) < 4.78 is 0.588. The summed E-state index contributed by atoms with van der Waals surface area (Å²) in [5.41, 5.74) is 1.86. The zero-order valence-electron chi connectivity index (χ0n) is 13.8. The molecule has 2 heterocycles. The molecule has 0 N–H and O–H groups in total. The molecular weight excluding hydrogens is 417 g/mol. The number of hydrogen-bond acceptors (Lipinski definition) is 6. The van der Waals surface area contributed by atoms with Crippen LogP contribution >= 0.6 is 59.8 Å². The van der Waals surface area contributed by atoms with Crippen molar-refractivity contribution in [1.29, 1.82) is 0 Å². The largest absolute Gasteiger partial charge is 0.328 e. The summed E-state index contributed by atoms with van der Waals surface area (Å²) in [6, 6.07) is 3.68. The van der Waals surface area contributed by atoms with Crippen LogP contribution in [0.3, 0.4) is 0 Å². The lowest BCUT2D eigenvalue weighted by Gasteiger charge is -2.24. The first-order chi connectivity index (χ1) is 11.9. The number of nitrogens with zero attached hydrogens (tertiary/aromatic N) is 3. The highest BCUT2D eigenvalue weighted by molar-refractivity contribution is 8.26. The smallest absolute Gasteiger partial charge is 0.269 e. The van der Waals surface area contributed by atoms with E-state index in [9.17, 15) is 4.79 Å². The molecule has 1 aromatic rings. The number of likely N-dealkylation sites (N-methyl/N-ethyl adjacent to an activating group) is 1. The van der Waals surface area contributed by atoms with Crippen molar-refractivity contribution in [3.05, 3.63) is 32.9 Å². The molecule has 0 aliphatic carbocycles. The van der Waals surface area contributed by atoms with Gasteiger partial charge in [-0.1, -0.05) is 47.2 Å². The molecule has 0 saturated carbocycles. The van der Waals surface area contributed by atoms with Gasteiger partial charge in [-0.2, -0.15) is 12.6 Å². The van der Waals surface area contributed by atoms with Crippen LogP contribution in [0.5, 0.6) is 0 Å². The summed E-state index contributed by atoms with van der Waals surface area (Å²) in [6.45, 7) is 3.21. The Balaban J connectivity index is 2.14. The molecule has 0 atom stereocenters. The number of fused-ring (bicyclic) bond motifs is 1. The van der Waals surface area contributed by atoms with Gasteiger partial charge in [0.15, 0.2) is 0 Å². The van der Waals surface area contributed by atoms with Gasteiger partial charge >= 0.3 is 0 Å². The van der Waals surface area contributed by atoms with Gasteiger partial charge < -0.3 is 9.80 Å². The zero-order chi connectivity index (χ0) is 18.3. The number of anilines is 2.